The van der Waals surface area contributed by atoms with Gasteiger partial charge in [-0.2, -0.15) is 0 Å². The molecule has 0 aliphatic heterocycles. The molecule has 10 heavy (non-hydrogen) atoms. The van der Waals surface area contributed by atoms with Gasteiger partial charge in [0.25, 0.3) is 0 Å². The summed E-state index contributed by atoms with van der Waals surface area (Å²) in [5.41, 5.74) is 0. The van der Waals surface area contributed by atoms with Gasteiger partial charge in [-0.05, 0) is 32.9 Å². The number of unbranched alkanes of at least 4 members (excludes halogenated alkanes) is 1. The van der Waals surface area contributed by atoms with Crippen molar-refractivity contribution < 1.29 is 4.74 Å². The molecule has 0 aliphatic rings. The molecule has 0 radical (unpaired) electrons. The second kappa shape index (κ2) is 8.92. The summed E-state index contributed by atoms with van der Waals surface area (Å²) in [7, 11) is 0. The van der Waals surface area contributed by atoms with Crippen LogP contribution in [0.5, 0.6) is 0 Å². The van der Waals surface area contributed by atoms with Gasteiger partial charge in [-0.15, -0.1) is 0 Å². The van der Waals surface area contributed by atoms with Crippen molar-refractivity contribution in [2.75, 3.05) is 26.3 Å². The van der Waals surface area contributed by atoms with Crippen LogP contribution >= 0.6 is 0 Å². The molecule has 2 heteroatoms. The standard InChI is InChI=1S/C8H19NO/c1-3-9-7-5-6-8-10-4-2/h9H,3-8H2,1-2H3. The molecule has 0 fully saturated rings. The maximum Gasteiger partial charge on any atom is 0.0466 e. The summed E-state index contributed by atoms with van der Waals surface area (Å²) >= 11 is 0. The second-order valence-electron chi connectivity index (χ2n) is 2.26. The number of rotatable bonds is 7. The monoisotopic (exact) mass is 145 g/mol. The van der Waals surface area contributed by atoms with Crippen molar-refractivity contribution in [3.05, 3.63) is 0 Å². The first-order chi connectivity index (χ1) is 4.91. The number of ether oxygens (including phenoxy) is 1. The van der Waals surface area contributed by atoms with Crippen LogP contribution in [0.3, 0.4) is 0 Å². The molecule has 0 heterocycles. The van der Waals surface area contributed by atoms with E-state index in [9.17, 15) is 0 Å². The molecule has 0 spiro atoms. The van der Waals surface area contributed by atoms with E-state index in [1.807, 2.05) is 6.92 Å². The molecule has 0 atom stereocenters. The fourth-order valence-corrected chi connectivity index (χ4v) is 0.775. The Bertz CT molecular complexity index is 49.2. The van der Waals surface area contributed by atoms with Crippen LogP contribution in [0, 0.1) is 0 Å². The Labute approximate surface area is 64.0 Å². The summed E-state index contributed by atoms with van der Waals surface area (Å²) in [6.45, 7) is 8.13. The third-order valence-electron chi connectivity index (χ3n) is 1.35. The van der Waals surface area contributed by atoms with E-state index in [1.54, 1.807) is 0 Å². The van der Waals surface area contributed by atoms with Crippen molar-refractivity contribution in [3.8, 4) is 0 Å². The van der Waals surface area contributed by atoms with Crippen molar-refractivity contribution in [1.29, 1.82) is 0 Å². The van der Waals surface area contributed by atoms with Crippen LogP contribution in [0.2, 0.25) is 0 Å². The lowest BCUT2D eigenvalue weighted by molar-refractivity contribution is 0.143. The quantitative estimate of drug-likeness (QED) is 0.547. The van der Waals surface area contributed by atoms with Gasteiger partial charge in [-0.3, -0.25) is 0 Å². The summed E-state index contributed by atoms with van der Waals surface area (Å²) in [5, 5.41) is 3.27. The van der Waals surface area contributed by atoms with Gasteiger partial charge in [0.2, 0.25) is 0 Å². The number of nitrogens with one attached hydrogen (secondary N) is 1. The molecule has 0 unspecified atom stereocenters. The SMILES string of the molecule is CCNCCCCOCC. The minimum atomic E-state index is 0.848. The Morgan fingerprint density at radius 3 is 2.60 bits per heavy atom. The highest BCUT2D eigenvalue weighted by Gasteiger charge is 1.86. The minimum absolute atomic E-state index is 0.848. The summed E-state index contributed by atoms with van der Waals surface area (Å²) in [5.74, 6) is 0. The van der Waals surface area contributed by atoms with Gasteiger partial charge in [0, 0.05) is 13.2 Å². The first-order valence-electron chi connectivity index (χ1n) is 4.20. The Kier molecular flexibility index (Phi) is 8.85. The van der Waals surface area contributed by atoms with Crippen LogP contribution in [0.15, 0.2) is 0 Å². The fourth-order valence-electron chi connectivity index (χ4n) is 0.775. The number of hydrogen-bond acceptors (Lipinski definition) is 2. The summed E-state index contributed by atoms with van der Waals surface area (Å²) in [4.78, 5) is 0. The van der Waals surface area contributed by atoms with Crippen LogP contribution in [0.25, 0.3) is 0 Å². The zero-order valence-electron chi connectivity index (χ0n) is 7.15. The van der Waals surface area contributed by atoms with Crippen molar-refractivity contribution >= 4 is 0 Å². The molecule has 0 bridgehead atoms. The van der Waals surface area contributed by atoms with E-state index in [4.69, 9.17) is 4.74 Å². The first kappa shape index (κ1) is 9.92. The van der Waals surface area contributed by atoms with Crippen LogP contribution < -0.4 is 5.32 Å². The predicted molar refractivity (Wildman–Crippen MR) is 44.3 cm³/mol. The Morgan fingerprint density at radius 1 is 1.20 bits per heavy atom. The van der Waals surface area contributed by atoms with Gasteiger partial charge < -0.3 is 10.1 Å². The fraction of sp³-hybridized carbons (Fsp3) is 1.00. The normalized spacial score (nSPS) is 10.2. The molecular weight excluding hydrogens is 126 g/mol. The topological polar surface area (TPSA) is 21.3 Å². The zero-order chi connectivity index (χ0) is 7.66. The van der Waals surface area contributed by atoms with Gasteiger partial charge in [0.15, 0.2) is 0 Å². The molecule has 1 N–H and O–H groups in total. The maximum absolute atomic E-state index is 5.19. The predicted octanol–water partition coefficient (Wildman–Crippen LogP) is 1.41. The zero-order valence-corrected chi connectivity index (χ0v) is 7.15. The third kappa shape index (κ3) is 7.92. The van der Waals surface area contributed by atoms with E-state index < -0.39 is 0 Å². The minimum Gasteiger partial charge on any atom is -0.382 e. The van der Waals surface area contributed by atoms with Gasteiger partial charge in [-0.25, -0.2) is 0 Å². The average molecular weight is 145 g/mol. The lowest BCUT2D eigenvalue weighted by Gasteiger charge is -2.01. The van der Waals surface area contributed by atoms with Gasteiger partial charge in [0.1, 0.15) is 0 Å². The van der Waals surface area contributed by atoms with Crippen molar-refractivity contribution in [3.63, 3.8) is 0 Å². The van der Waals surface area contributed by atoms with Crippen LogP contribution in [0.4, 0.5) is 0 Å². The molecule has 0 aromatic rings. The Balaban J connectivity index is 2.65. The maximum atomic E-state index is 5.19. The van der Waals surface area contributed by atoms with Crippen LogP contribution in [0.1, 0.15) is 26.7 Å². The van der Waals surface area contributed by atoms with Gasteiger partial charge in [-0.1, -0.05) is 6.92 Å². The van der Waals surface area contributed by atoms with E-state index in [0.717, 1.165) is 26.3 Å². The summed E-state index contributed by atoms with van der Waals surface area (Å²) in [6.07, 6.45) is 2.41. The molecule has 2 nitrogen and oxygen atoms in total. The largest absolute Gasteiger partial charge is 0.382 e. The molecule has 0 aliphatic carbocycles. The van der Waals surface area contributed by atoms with E-state index in [-0.39, 0.29) is 0 Å². The third-order valence-corrected chi connectivity index (χ3v) is 1.35. The second-order valence-corrected chi connectivity index (χ2v) is 2.26. The molecule has 0 rings (SSSR count). The van der Waals surface area contributed by atoms with Crippen molar-refractivity contribution in [1.82, 2.24) is 5.32 Å². The Morgan fingerprint density at radius 2 is 2.00 bits per heavy atom. The molecule has 0 saturated heterocycles. The van der Waals surface area contributed by atoms with E-state index >= 15 is 0 Å². The lowest BCUT2D eigenvalue weighted by atomic mass is 10.3. The number of hydrogen-bond donors (Lipinski definition) is 1. The highest BCUT2D eigenvalue weighted by atomic mass is 16.5. The van der Waals surface area contributed by atoms with E-state index in [1.165, 1.54) is 12.8 Å². The molecule has 62 valence electrons. The first-order valence-corrected chi connectivity index (χ1v) is 4.20. The highest BCUT2D eigenvalue weighted by Crippen LogP contribution is 1.87. The molecular formula is C8H19NO. The molecule has 0 amide bonds. The summed E-state index contributed by atoms with van der Waals surface area (Å²) in [6, 6.07) is 0. The summed E-state index contributed by atoms with van der Waals surface area (Å²) < 4.78 is 5.19. The molecule has 0 saturated carbocycles. The smallest absolute Gasteiger partial charge is 0.0466 e. The van der Waals surface area contributed by atoms with Crippen LogP contribution in [-0.4, -0.2) is 26.3 Å². The Hall–Kier alpha value is -0.0800. The van der Waals surface area contributed by atoms with E-state index in [2.05, 4.69) is 12.2 Å². The lowest BCUT2D eigenvalue weighted by Crippen LogP contribution is -2.14. The molecule has 0 aromatic heterocycles. The van der Waals surface area contributed by atoms with Crippen LogP contribution in [-0.2, 0) is 4.74 Å². The van der Waals surface area contributed by atoms with Gasteiger partial charge >= 0.3 is 0 Å². The van der Waals surface area contributed by atoms with Crippen molar-refractivity contribution in [2.24, 2.45) is 0 Å². The van der Waals surface area contributed by atoms with Gasteiger partial charge in [0.05, 0.1) is 0 Å². The van der Waals surface area contributed by atoms with Crippen molar-refractivity contribution in [2.45, 2.75) is 26.7 Å². The molecule has 0 aromatic carbocycles. The van der Waals surface area contributed by atoms with E-state index in [0.29, 0.717) is 0 Å². The average Bonchev–Trinajstić information content (AvgIpc) is 1.97. The highest BCUT2D eigenvalue weighted by molar-refractivity contribution is 4.43.